The number of hydrogen-bond donors (Lipinski definition) is 2. The lowest BCUT2D eigenvalue weighted by molar-refractivity contribution is 0.0964. The van der Waals surface area contributed by atoms with Crippen molar-refractivity contribution >= 4 is 59.9 Å². The maximum atomic E-state index is 14.7. The van der Waals surface area contributed by atoms with Crippen molar-refractivity contribution in [2.75, 3.05) is 17.5 Å². The number of anilines is 1. The van der Waals surface area contributed by atoms with Crippen molar-refractivity contribution in [3.05, 3.63) is 102 Å². The summed E-state index contributed by atoms with van der Waals surface area (Å²) in [4.78, 5) is 18.1. The van der Waals surface area contributed by atoms with E-state index in [1.165, 1.54) is 50.4 Å². The molecule has 3 aromatic carbocycles. The van der Waals surface area contributed by atoms with Gasteiger partial charge in [-0.15, -0.1) is 0 Å². The molecule has 0 unspecified atom stereocenters. The highest BCUT2D eigenvalue weighted by molar-refractivity contribution is 7.92. The lowest BCUT2D eigenvalue weighted by atomic mass is 10.0. The van der Waals surface area contributed by atoms with Gasteiger partial charge in [0.25, 0.3) is 5.91 Å². The Bertz CT molecular complexity index is 2400. The van der Waals surface area contributed by atoms with Crippen molar-refractivity contribution in [2.45, 2.75) is 6.92 Å². The van der Waals surface area contributed by atoms with E-state index in [1.54, 1.807) is 24.3 Å². The first-order valence-electron chi connectivity index (χ1n) is 13.8. The summed E-state index contributed by atoms with van der Waals surface area (Å²) >= 11 is 0. The van der Waals surface area contributed by atoms with E-state index in [2.05, 4.69) is 10.0 Å². The van der Waals surface area contributed by atoms with Crippen molar-refractivity contribution in [2.24, 2.45) is 0 Å². The maximum absolute atomic E-state index is 14.7. The number of rotatable bonds is 6. The highest BCUT2D eigenvalue weighted by Gasteiger charge is 2.25. The molecule has 0 fully saturated rings. The highest BCUT2D eigenvalue weighted by atomic mass is 32.2. The van der Waals surface area contributed by atoms with Gasteiger partial charge in [-0.3, -0.25) is 9.52 Å². The average molecular weight is 611 g/mol. The van der Waals surface area contributed by atoms with E-state index < -0.39 is 21.7 Å². The highest BCUT2D eigenvalue weighted by Crippen LogP contribution is 2.40. The van der Waals surface area contributed by atoms with E-state index in [-0.39, 0.29) is 34.2 Å². The van der Waals surface area contributed by atoms with Crippen LogP contribution >= 0.6 is 0 Å². The normalized spacial score (nSPS) is 12.0. The van der Waals surface area contributed by atoms with Gasteiger partial charge in [0, 0.05) is 46.6 Å². The molecule has 8 nitrogen and oxygen atoms in total. The number of fused-ring (bicyclic) bond motifs is 6. The number of nitrogens with one attached hydrogen (secondary N) is 2. The predicted molar refractivity (Wildman–Crippen MR) is 167 cm³/mol. The van der Waals surface area contributed by atoms with Crippen LogP contribution in [0.5, 0.6) is 0 Å². The van der Waals surface area contributed by atoms with Crippen LogP contribution in [0.4, 0.5) is 14.5 Å². The van der Waals surface area contributed by atoms with Crippen molar-refractivity contribution in [3.63, 3.8) is 0 Å². The minimum Gasteiger partial charge on any atom is -0.455 e. The standard InChI is InChI=1S/C33H24F2N4O4S/c1-3-44(41,42)38-26-17-29-23(30(33(40)36-2)32(43-29)19-7-10-20(34)11-8-19)15-22(26)25-12-9-18-13-14-39-27-6-4-5-24(35)21(27)16-28(39)31(18)37-25/h4-17,38H,3H2,1-2H3,(H,36,40). The summed E-state index contributed by atoms with van der Waals surface area (Å²) in [5.41, 5.74) is 3.88. The zero-order chi connectivity index (χ0) is 30.7. The number of benzene rings is 3. The molecule has 0 aliphatic rings. The minimum absolute atomic E-state index is 0.180. The van der Waals surface area contributed by atoms with Crippen LogP contribution in [0, 0.1) is 11.6 Å². The van der Waals surface area contributed by atoms with E-state index in [0.29, 0.717) is 44.1 Å². The Kier molecular flexibility index (Phi) is 6.36. The van der Waals surface area contributed by atoms with Gasteiger partial charge >= 0.3 is 0 Å². The fourth-order valence-corrected chi connectivity index (χ4v) is 6.15. The number of sulfonamides is 1. The van der Waals surface area contributed by atoms with E-state index in [4.69, 9.17) is 9.40 Å². The van der Waals surface area contributed by atoms with Gasteiger partial charge in [-0.2, -0.15) is 0 Å². The molecule has 44 heavy (non-hydrogen) atoms. The number of carbonyl (C=O) groups is 1. The average Bonchev–Trinajstić information content (AvgIpc) is 3.60. The molecule has 220 valence electrons. The number of halogens is 2. The SMILES string of the molecule is CCS(=O)(=O)Nc1cc2oc(-c3ccc(F)cc3)c(C(=O)NC)c2cc1-c1ccc2ccn3c4cccc(F)c4cc3c2n1. The molecule has 0 spiro atoms. The van der Waals surface area contributed by atoms with Crippen molar-refractivity contribution in [1.29, 1.82) is 0 Å². The van der Waals surface area contributed by atoms with Crippen molar-refractivity contribution < 1.29 is 26.4 Å². The third kappa shape index (κ3) is 4.44. The molecular weight excluding hydrogens is 586 g/mol. The van der Waals surface area contributed by atoms with Gasteiger partial charge in [-0.1, -0.05) is 12.1 Å². The summed E-state index contributed by atoms with van der Waals surface area (Å²) in [6.45, 7) is 1.52. The summed E-state index contributed by atoms with van der Waals surface area (Å²) in [6, 6.07) is 20.8. The molecule has 7 rings (SSSR count). The van der Waals surface area contributed by atoms with Crippen LogP contribution < -0.4 is 10.0 Å². The number of pyridine rings is 2. The van der Waals surface area contributed by atoms with Gasteiger partial charge in [-0.25, -0.2) is 22.2 Å². The van der Waals surface area contributed by atoms with Crippen LogP contribution in [0.2, 0.25) is 0 Å². The topological polar surface area (TPSA) is 106 Å². The quantitative estimate of drug-likeness (QED) is 0.209. The zero-order valence-electron chi connectivity index (χ0n) is 23.5. The lowest BCUT2D eigenvalue weighted by Gasteiger charge is -2.13. The summed E-state index contributed by atoms with van der Waals surface area (Å²) in [7, 11) is -2.25. The Morgan fingerprint density at radius 1 is 0.955 bits per heavy atom. The Morgan fingerprint density at radius 2 is 1.75 bits per heavy atom. The first kappa shape index (κ1) is 27.5. The van der Waals surface area contributed by atoms with Crippen molar-refractivity contribution in [3.8, 4) is 22.6 Å². The smallest absolute Gasteiger partial charge is 0.255 e. The molecule has 4 heterocycles. The molecule has 0 bridgehead atoms. The summed E-state index contributed by atoms with van der Waals surface area (Å²) in [5.74, 6) is -1.21. The second kappa shape index (κ2) is 10.2. The summed E-state index contributed by atoms with van der Waals surface area (Å²) in [6.07, 6.45) is 1.85. The number of hydrogen-bond acceptors (Lipinski definition) is 5. The second-order valence-corrected chi connectivity index (χ2v) is 12.3. The Balaban J connectivity index is 1.52. The number of aromatic nitrogens is 2. The van der Waals surface area contributed by atoms with E-state index >= 15 is 0 Å². The number of furan rings is 1. The Hall–Kier alpha value is -5.29. The molecule has 0 atom stereocenters. The molecule has 0 radical (unpaired) electrons. The monoisotopic (exact) mass is 610 g/mol. The predicted octanol–water partition coefficient (Wildman–Crippen LogP) is 7.12. The fourth-order valence-electron chi connectivity index (χ4n) is 5.51. The zero-order valence-corrected chi connectivity index (χ0v) is 24.3. The second-order valence-electron chi connectivity index (χ2n) is 10.3. The molecule has 0 saturated heterocycles. The number of amides is 1. The molecule has 11 heteroatoms. The molecule has 2 N–H and O–H groups in total. The molecule has 4 aromatic heterocycles. The molecule has 0 aliphatic carbocycles. The minimum atomic E-state index is -3.74. The van der Waals surface area contributed by atoms with Gasteiger partial charge in [-0.05, 0) is 67.6 Å². The third-order valence-electron chi connectivity index (χ3n) is 7.71. The van der Waals surface area contributed by atoms with E-state index in [1.807, 2.05) is 28.8 Å². The van der Waals surface area contributed by atoms with Crippen LogP contribution in [-0.4, -0.2) is 36.5 Å². The van der Waals surface area contributed by atoms with Gasteiger partial charge in [0.1, 0.15) is 23.0 Å². The van der Waals surface area contributed by atoms with Crippen LogP contribution in [0.25, 0.3) is 60.9 Å². The number of carbonyl (C=O) groups excluding carboxylic acids is 1. The summed E-state index contributed by atoms with van der Waals surface area (Å²) in [5, 5.41) is 4.29. The lowest BCUT2D eigenvalue weighted by Crippen LogP contribution is -2.18. The molecule has 7 aromatic rings. The van der Waals surface area contributed by atoms with E-state index in [0.717, 1.165) is 5.39 Å². The van der Waals surface area contributed by atoms with Crippen LogP contribution in [0.15, 0.2) is 89.5 Å². The van der Waals surface area contributed by atoms with Gasteiger partial charge in [0.15, 0.2) is 0 Å². The first-order chi connectivity index (χ1) is 21.2. The van der Waals surface area contributed by atoms with Gasteiger partial charge in [0.05, 0.1) is 39.2 Å². The third-order valence-corrected chi connectivity index (χ3v) is 9.00. The molecule has 1 amide bonds. The molecular formula is C33H24F2N4O4S. The summed E-state index contributed by atoms with van der Waals surface area (Å²) < 4.78 is 64.6. The van der Waals surface area contributed by atoms with Crippen molar-refractivity contribution in [1.82, 2.24) is 14.7 Å². The van der Waals surface area contributed by atoms with Crippen LogP contribution in [-0.2, 0) is 10.0 Å². The van der Waals surface area contributed by atoms with E-state index in [9.17, 15) is 22.0 Å². The number of nitrogens with zero attached hydrogens (tertiary/aromatic N) is 2. The Morgan fingerprint density at radius 3 is 2.50 bits per heavy atom. The fraction of sp³-hybridized carbons (Fsp3) is 0.0909. The van der Waals surface area contributed by atoms with Crippen LogP contribution in [0.1, 0.15) is 17.3 Å². The Labute approximate surface area is 250 Å². The molecule has 0 saturated carbocycles. The maximum Gasteiger partial charge on any atom is 0.255 e. The van der Waals surface area contributed by atoms with Crippen LogP contribution in [0.3, 0.4) is 0 Å². The molecule has 0 aliphatic heterocycles. The van der Waals surface area contributed by atoms with Gasteiger partial charge < -0.3 is 14.1 Å². The first-order valence-corrected chi connectivity index (χ1v) is 15.4. The largest absolute Gasteiger partial charge is 0.455 e. The van der Waals surface area contributed by atoms with Gasteiger partial charge in [0.2, 0.25) is 10.0 Å².